The van der Waals surface area contributed by atoms with E-state index in [1.165, 1.54) is 12.3 Å². The number of nitrogens with two attached hydrogens (primary N) is 1. The smallest absolute Gasteiger partial charge is 0.147 e. The summed E-state index contributed by atoms with van der Waals surface area (Å²) in [5.41, 5.74) is 5.95. The van der Waals surface area contributed by atoms with Gasteiger partial charge in [-0.1, -0.05) is 6.08 Å². The molecule has 1 atom stereocenters. The van der Waals surface area contributed by atoms with Crippen LogP contribution in [0.3, 0.4) is 0 Å². The Morgan fingerprint density at radius 2 is 2.46 bits per heavy atom. The van der Waals surface area contributed by atoms with E-state index in [1.807, 2.05) is 0 Å². The summed E-state index contributed by atoms with van der Waals surface area (Å²) in [5.74, 6) is -0.385. The number of nitrogens with zero attached hydrogens (tertiary/aromatic N) is 1. The van der Waals surface area contributed by atoms with Gasteiger partial charge in [0.1, 0.15) is 5.82 Å². The molecular formula is C9H10BrFN2. The van der Waals surface area contributed by atoms with Crippen molar-refractivity contribution in [1.29, 1.82) is 0 Å². The summed E-state index contributed by atoms with van der Waals surface area (Å²) in [4.78, 5) is 3.90. The molecule has 0 radical (unpaired) electrons. The van der Waals surface area contributed by atoms with Gasteiger partial charge in [-0.2, -0.15) is 0 Å². The summed E-state index contributed by atoms with van der Waals surface area (Å²) in [6, 6.07) is 0.941. The van der Waals surface area contributed by atoms with Crippen LogP contribution in [0, 0.1) is 5.82 Å². The van der Waals surface area contributed by atoms with Gasteiger partial charge in [-0.05, 0) is 28.4 Å². The Balaban J connectivity index is 2.94. The highest BCUT2D eigenvalue weighted by molar-refractivity contribution is 9.10. The molecule has 0 fully saturated rings. The number of aromatic nitrogens is 1. The zero-order valence-corrected chi connectivity index (χ0v) is 8.59. The van der Waals surface area contributed by atoms with Gasteiger partial charge in [0.2, 0.25) is 0 Å². The van der Waals surface area contributed by atoms with Crippen LogP contribution >= 0.6 is 15.9 Å². The minimum Gasteiger partial charge on any atom is -0.322 e. The molecule has 0 amide bonds. The monoisotopic (exact) mass is 244 g/mol. The van der Waals surface area contributed by atoms with Crippen molar-refractivity contribution in [1.82, 2.24) is 4.98 Å². The van der Waals surface area contributed by atoms with Gasteiger partial charge in [-0.25, -0.2) is 4.39 Å². The molecule has 0 aliphatic heterocycles. The van der Waals surface area contributed by atoms with Gasteiger partial charge in [-0.15, -0.1) is 6.58 Å². The SMILES string of the molecule is C=CC[C@H](N)c1ncc(Br)cc1F. The molecule has 1 rings (SSSR count). The fraction of sp³-hybridized carbons (Fsp3) is 0.222. The largest absolute Gasteiger partial charge is 0.322 e. The summed E-state index contributed by atoms with van der Waals surface area (Å²) < 4.78 is 13.8. The lowest BCUT2D eigenvalue weighted by Gasteiger charge is -2.08. The molecule has 1 aromatic rings. The highest BCUT2D eigenvalue weighted by Gasteiger charge is 2.11. The summed E-state index contributed by atoms with van der Waals surface area (Å²) in [6.45, 7) is 3.53. The maximum atomic E-state index is 13.2. The molecule has 0 aromatic carbocycles. The second kappa shape index (κ2) is 4.48. The summed E-state index contributed by atoms with van der Waals surface area (Å²) in [7, 11) is 0. The molecule has 2 N–H and O–H groups in total. The van der Waals surface area contributed by atoms with Gasteiger partial charge in [-0.3, -0.25) is 4.98 Å². The molecule has 0 aliphatic carbocycles. The molecule has 2 nitrogen and oxygen atoms in total. The topological polar surface area (TPSA) is 38.9 Å². The van der Waals surface area contributed by atoms with Crippen molar-refractivity contribution in [2.24, 2.45) is 5.73 Å². The Hall–Kier alpha value is -0.740. The van der Waals surface area contributed by atoms with Gasteiger partial charge in [0, 0.05) is 10.7 Å². The van der Waals surface area contributed by atoms with Crippen molar-refractivity contribution in [2.75, 3.05) is 0 Å². The Morgan fingerprint density at radius 3 is 3.00 bits per heavy atom. The lowest BCUT2D eigenvalue weighted by atomic mass is 10.1. The molecule has 1 heterocycles. The van der Waals surface area contributed by atoms with E-state index in [4.69, 9.17) is 5.73 Å². The first-order valence-electron chi connectivity index (χ1n) is 3.82. The van der Waals surface area contributed by atoms with E-state index >= 15 is 0 Å². The fourth-order valence-electron chi connectivity index (χ4n) is 0.989. The fourth-order valence-corrected chi connectivity index (χ4v) is 1.29. The third-order valence-electron chi connectivity index (χ3n) is 1.61. The molecule has 0 aliphatic rings. The van der Waals surface area contributed by atoms with Gasteiger partial charge in [0.05, 0.1) is 11.7 Å². The van der Waals surface area contributed by atoms with E-state index in [0.29, 0.717) is 10.9 Å². The average Bonchev–Trinajstić information content (AvgIpc) is 2.04. The van der Waals surface area contributed by atoms with E-state index in [9.17, 15) is 4.39 Å². The molecule has 0 saturated heterocycles. The third-order valence-corrected chi connectivity index (χ3v) is 2.04. The number of pyridine rings is 1. The number of halogens is 2. The van der Waals surface area contributed by atoms with Crippen LogP contribution in [0.5, 0.6) is 0 Å². The van der Waals surface area contributed by atoms with Crippen molar-refractivity contribution in [2.45, 2.75) is 12.5 Å². The standard InChI is InChI=1S/C9H10BrFN2/c1-2-3-8(12)9-7(11)4-6(10)5-13-9/h2,4-5,8H,1,3,12H2/t8-/m0/s1. The average molecular weight is 245 g/mol. The van der Waals surface area contributed by atoms with Gasteiger partial charge < -0.3 is 5.73 Å². The first-order valence-corrected chi connectivity index (χ1v) is 4.62. The molecular weight excluding hydrogens is 235 g/mol. The number of hydrogen-bond donors (Lipinski definition) is 1. The van der Waals surface area contributed by atoms with Crippen LogP contribution in [0.1, 0.15) is 18.2 Å². The molecule has 70 valence electrons. The molecule has 13 heavy (non-hydrogen) atoms. The Labute approximate surface area is 84.8 Å². The summed E-state index contributed by atoms with van der Waals surface area (Å²) in [5, 5.41) is 0. The van der Waals surface area contributed by atoms with Crippen LogP contribution in [-0.2, 0) is 0 Å². The van der Waals surface area contributed by atoms with E-state index in [-0.39, 0.29) is 11.5 Å². The second-order valence-electron chi connectivity index (χ2n) is 2.65. The Morgan fingerprint density at radius 1 is 1.77 bits per heavy atom. The normalized spacial score (nSPS) is 12.5. The van der Waals surface area contributed by atoms with Crippen LogP contribution in [-0.4, -0.2) is 4.98 Å². The zero-order valence-electron chi connectivity index (χ0n) is 7.00. The van der Waals surface area contributed by atoms with Crippen LogP contribution in [0.15, 0.2) is 29.4 Å². The predicted octanol–water partition coefficient (Wildman–Crippen LogP) is 2.56. The molecule has 0 bridgehead atoms. The maximum absolute atomic E-state index is 13.2. The van der Waals surface area contributed by atoms with Gasteiger partial charge in [0.25, 0.3) is 0 Å². The van der Waals surface area contributed by atoms with E-state index in [2.05, 4.69) is 27.5 Å². The molecule has 1 aromatic heterocycles. The van der Waals surface area contributed by atoms with Gasteiger partial charge >= 0.3 is 0 Å². The Kier molecular flexibility index (Phi) is 3.57. The molecule has 0 saturated carbocycles. The van der Waals surface area contributed by atoms with Crippen LogP contribution in [0.4, 0.5) is 4.39 Å². The van der Waals surface area contributed by atoms with Crippen molar-refractivity contribution in [3.63, 3.8) is 0 Å². The lowest BCUT2D eigenvalue weighted by molar-refractivity contribution is 0.566. The van der Waals surface area contributed by atoms with Crippen LogP contribution in [0.25, 0.3) is 0 Å². The minimum atomic E-state index is -0.411. The van der Waals surface area contributed by atoms with Crippen molar-refractivity contribution < 1.29 is 4.39 Å². The quantitative estimate of drug-likeness (QED) is 0.831. The Bertz CT molecular complexity index is 314. The summed E-state index contributed by atoms with van der Waals surface area (Å²) >= 11 is 3.12. The third kappa shape index (κ3) is 2.60. The summed E-state index contributed by atoms with van der Waals surface area (Å²) in [6.07, 6.45) is 3.70. The van der Waals surface area contributed by atoms with Gasteiger partial charge in [0.15, 0.2) is 0 Å². The highest BCUT2D eigenvalue weighted by atomic mass is 79.9. The first-order chi connectivity index (χ1) is 6.15. The van der Waals surface area contributed by atoms with Crippen LogP contribution < -0.4 is 5.73 Å². The van der Waals surface area contributed by atoms with Crippen LogP contribution in [0.2, 0.25) is 0 Å². The van der Waals surface area contributed by atoms with Crippen molar-refractivity contribution in [3.8, 4) is 0 Å². The minimum absolute atomic E-state index is 0.281. The molecule has 0 unspecified atom stereocenters. The van der Waals surface area contributed by atoms with E-state index < -0.39 is 6.04 Å². The predicted molar refractivity (Wildman–Crippen MR) is 53.6 cm³/mol. The van der Waals surface area contributed by atoms with Crippen molar-refractivity contribution >= 4 is 15.9 Å². The lowest BCUT2D eigenvalue weighted by Crippen LogP contribution is -2.13. The van der Waals surface area contributed by atoms with E-state index in [1.54, 1.807) is 6.08 Å². The highest BCUT2D eigenvalue weighted by Crippen LogP contribution is 2.18. The number of hydrogen-bond acceptors (Lipinski definition) is 2. The van der Waals surface area contributed by atoms with E-state index in [0.717, 1.165) is 0 Å². The maximum Gasteiger partial charge on any atom is 0.147 e. The first kappa shape index (κ1) is 10.3. The zero-order chi connectivity index (χ0) is 9.84. The number of rotatable bonds is 3. The van der Waals surface area contributed by atoms with Crippen molar-refractivity contribution in [3.05, 3.63) is 40.9 Å². The second-order valence-corrected chi connectivity index (χ2v) is 3.57. The molecule has 4 heteroatoms. The molecule has 0 spiro atoms.